The number of aryl methyl sites for hydroxylation is 2. The lowest BCUT2D eigenvalue weighted by atomic mass is 9.97. The molecule has 0 bridgehead atoms. The van der Waals surface area contributed by atoms with Gasteiger partial charge in [-0.3, -0.25) is 4.79 Å². The summed E-state index contributed by atoms with van der Waals surface area (Å²) in [4.78, 5) is 11.8. The molecular formula is C17H19NO2. The van der Waals surface area contributed by atoms with Gasteiger partial charge in [-0.2, -0.15) is 0 Å². The molecule has 0 spiro atoms. The minimum atomic E-state index is 0.298. The van der Waals surface area contributed by atoms with Gasteiger partial charge in [0.15, 0.2) is 5.78 Å². The van der Waals surface area contributed by atoms with E-state index in [0.717, 1.165) is 37.1 Å². The van der Waals surface area contributed by atoms with Gasteiger partial charge in [0, 0.05) is 30.4 Å². The number of carbonyl (C=O) groups is 1. The van der Waals surface area contributed by atoms with Gasteiger partial charge in [0.05, 0.1) is 7.11 Å². The molecule has 1 heterocycles. The fraction of sp³-hybridized carbons (Fsp3) is 0.353. The lowest BCUT2D eigenvalue weighted by molar-refractivity contribution is 0.0972. The highest BCUT2D eigenvalue weighted by Gasteiger charge is 2.20. The Morgan fingerprint density at radius 1 is 1.25 bits per heavy atom. The lowest BCUT2D eigenvalue weighted by Crippen LogP contribution is -2.13. The van der Waals surface area contributed by atoms with E-state index in [2.05, 4.69) is 16.7 Å². The number of fused-ring (bicyclic) bond motifs is 1. The summed E-state index contributed by atoms with van der Waals surface area (Å²) in [5.41, 5.74) is 3.40. The molecule has 0 N–H and O–H groups in total. The zero-order valence-corrected chi connectivity index (χ0v) is 11.8. The first-order valence-corrected chi connectivity index (χ1v) is 7.12. The second-order valence-corrected chi connectivity index (χ2v) is 5.25. The molecule has 2 aromatic rings. The number of aromatic nitrogens is 1. The molecule has 1 aromatic heterocycles. The third-order valence-corrected chi connectivity index (χ3v) is 3.97. The maximum Gasteiger partial charge on any atom is 0.164 e. The van der Waals surface area contributed by atoms with Crippen LogP contribution in [0.25, 0.3) is 0 Å². The molecule has 1 aromatic carbocycles. The fourth-order valence-corrected chi connectivity index (χ4v) is 2.88. The Bertz CT molecular complexity index is 628. The summed E-state index contributed by atoms with van der Waals surface area (Å²) in [5, 5.41) is 0. The van der Waals surface area contributed by atoms with Gasteiger partial charge in [-0.15, -0.1) is 0 Å². The van der Waals surface area contributed by atoms with Gasteiger partial charge < -0.3 is 9.30 Å². The normalized spacial score (nSPS) is 14.2. The number of rotatable bonds is 4. The van der Waals surface area contributed by atoms with Crippen LogP contribution in [0.15, 0.2) is 36.5 Å². The number of Topliss-reactive ketones (excluding diaryl/α,β-unsaturated/α-hetero) is 1. The number of hydrogen-bond donors (Lipinski definition) is 0. The van der Waals surface area contributed by atoms with Gasteiger partial charge in [0.2, 0.25) is 0 Å². The monoisotopic (exact) mass is 269 g/mol. The Kier molecular flexibility index (Phi) is 3.59. The minimum Gasteiger partial charge on any atom is -0.497 e. The number of ketones is 1. The molecule has 0 saturated carbocycles. The third-order valence-electron chi connectivity index (χ3n) is 3.97. The molecule has 0 radical (unpaired) electrons. The molecule has 1 aliphatic rings. The highest BCUT2D eigenvalue weighted by Crippen LogP contribution is 2.23. The van der Waals surface area contributed by atoms with Crippen molar-refractivity contribution in [2.75, 3.05) is 7.11 Å². The average Bonchev–Trinajstić information content (AvgIpc) is 2.90. The number of methoxy groups -OCH3 is 1. The zero-order chi connectivity index (χ0) is 13.9. The first-order valence-electron chi connectivity index (χ1n) is 7.12. The van der Waals surface area contributed by atoms with Crippen molar-refractivity contribution in [1.82, 2.24) is 4.57 Å². The molecule has 3 rings (SSSR count). The summed E-state index contributed by atoms with van der Waals surface area (Å²) in [6.07, 6.45) is 5.70. The van der Waals surface area contributed by atoms with Gasteiger partial charge in [0.1, 0.15) is 5.75 Å². The number of ether oxygens (including phenoxy) is 1. The molecule has 0 aliphatic heterocycles. The Balaban J connectivity index is 1.74. The standard InChI is InChI=1S/C17H19NO2/c1-20-14-5-2-4-13(12-14)8-10-18-11-9-15-16(18)6-3-7-17(15)19/h2,4-5,9,11-12H,3,6-8,10H2,1H3. The molecule has 0 unspecified atom stereocenters. The van der Waals surface area contributed by atoms with Crippen LogP contribution >= 0.6 is 0 Å². The van der Waals surface area contributed by atoms with E-state index >= 15 is 0 Å². The van der Waals surface area contributed by atoms with E-state index in [4.69, 9.17) is 4.74 Å². The van der Waals surface area contributed by atoms with Gasteiger partial charge in [0.25, 0.3) is 0 Å². The quantitative estimate of drug-likeness (QED) is 0.853. The zero-order valence-electron chi connectivity index (χ0n) is 11.8. The molecule has 1 aliphatic carbocycles. The van der Waals surface area contributed by atoms with E-state index in [1.54, 1.807) is 7.11 Å². The van der Waals surface area contributed by atoms with Crippen LogP contribution in [0.3, 0.4) is 0 Å². The van der Waals surface area contributed by atoms with E-state index in [9.17, 15) is 4.79 Å². The number of carbonyl (C=O) groups excluding carboxylic acids is 1. The molecule has 0 amide bonds. The van der Waals surface area contributed by atoms with Crippen LogP contribution in [0.2, 0.25) is 0 Å². The van der Waals surface area contributed by atoms with Gasteiger partial charge in [-0.05, 0) is 43.0 Å². The van der Waals surface area contributed by atoms with Gasteiger partial charge in [-0.1, -0.05) is 12.1 Å². The largest absolute Gasteiger partial charge is 0.497 e. The van der Waals surface area contributed by atoms with E-state index in [0.29, 0.717) is 12.2 Å². The molecule has 20 heavy (non-hydrogen) atoms. The van der Waals surface area contributed by atoms with Crippen molar-refractivity contribution < 1.29 is 9.53 Å². The summed E-state index contributed by atoms with van der Waals surface area (Å²) in [6, 6.07) is 10.1. The Morgan fingerprint density at radius 3 is 3.00 bits per heavy atom. The van der Waals surface area contributed by atoms with Crippen molar-refractivity contribution in [3.8, 4) is 5.75 Å². The first kappa shape index (κ1) is 13.0. The summed E-state index contributed by atoms with van der Waals surface area (Å²) in [5.74, 6) is 1.19. The molecular weight excluding hydrogens is 250 g/mol. The predicted molar refractivity (Wildman–Crippen MR) is 78.4 cm³/mol. The molecule has 104 valence electrons. The lowest BCUT2D eigenvalue weighted by Gasteiger charge is -2.15. The highest BCUT2D eigenvalue weighted by molar-refractivity contribution is 5.98. The second kappa shape index (κ2) is 5.53. The maximum absolute atomic E-state index is 11.8. The van der Waals surface area contributed by atoms with E-state index in [1.165, 1.54) is 11.3 Å². The number of nitrogens with zero attached hydrogens (tertiary/aromatic N) is 1. The predicted octanol–water partition coefficient (Wildman–Crippen LogP) is 3.26. The van der Waals surface area contributed by atoms with Crippen molar-refractivity contribution in [1.29, 1.82) is 0 Å². The van der Waals surface area contributed by atoms with Crippen LogP contribution in [0.1, 0.15) is 34.5 Å². The highest BCUT2D eigenvalue weighted by atomic mass is 16.5. The minimum absolute atomic E-state index is 0.298. The smallest absolute Gasteiger partial charge is 0.164 e. The van der Waals surface area contributed by atoms with Crippen LogP contribution in [0.5, 0.6) is 5.75 Å². The second-order valence-electron chi connectivity index (χ2n) is 5.25. The molecule has 0 fully saturated rings. The van der Waals surface area contributed by atoms with Crippen LogP contribution in [0.4, 0.5) is 0 Å². The fourth-order valence-electron chi connectivity index (χ4n) is 2.88. The topological polar surface area (TPSA) is 31.2 Å². The Morgan fingerprint density at radius 2 is 2.15 bits per heavy atom. The van der Waals surface area contributed by atoms with E-state index in [1.807, 2.05) is 24.4 Å². The van der Waals surface area contributed by atoms with Crippen molar-refractivity contribution >= 4 is 5.78 Å². The maximum atomic E-state index is 11.8. The van der Waals surface area contributed by atoms with Crippen LogP contribution < -0.4 is 4.74 Å². The van der Waals surface area contributed by atoms with Crippen molar-refractivity contribution in [2.24, 2.45) is 0 Å². The van der Waals surface area contributed by atoms with Gasteiger partial charge >= 0.3 is 0 Å². The van der Waals surface area contributed by atoms with E-state index < -0.39 is 0 Å². The average molecular weight is 269 g/mol. The van der Waals surface area contributed by atoms with Crippen LogP contribution in [-0.4, -0.2) is 17.5 Å². The summed E-state index contributed by atoms with van der Waals surface area (Å²) < 4.78 is 7.47. The molecule has 0 saturated heterocycles. The van der Waals surface area contributed by atoms with Crippen molar-refractivity contribution in [3.63, 3.8) is 0 Å². The summed E-state index contributed by atoms with van der Waals surface area (Å²) >= 11 is 0. The third kappa shape index (κ3) is 2.48. The summed E-state index contributed by atoms with van der Waals surface area (Å²) in [6.45, 7) is 0.912. The molecule has 3 heteroatoms. The number of hydrogen-bond acceptors (Lipinski definition) is 2. The van der Waals surface area contributed by atoms with Crippen molar-refractivity contribution in [3.05, 3.63) is 53.3 Å². The Labute approximate surface area is 119 Å². The first-order chi connectivity index (χ1) is 9.78. The SMILES string of the molecule is COc1cccc(CCn2ccc3c2CCCC3=O)c1. The van der Waals surface area contributed by atoms with Crippen LogP contribution in [-0.2, 0) is 19.4 Å². The Hall–Kier alpha value is -2.03. The van der Waals surface area contributed by atoms with Gasteiger partial charge in [-0.25, -0.2) is 0 Å². The van der Waals surface area contributed by atoms with E-state index in [-0.39, 0.29) is 0 Å². The number of benzene rings is 1. The summed E-state index contributed by atoms with van der Waals surface area (Å²) in [7, 11) is 1.69. The van der Waals surface area contributed by atoms with Crippen molar-refractivity contribution in [2.45, 2.75) is 32.2 Å². The van der Waals surface area contributed by atoms with Crippen LogP contribution in [0, 0.1) is 0 Å². The molecule has 3 nitrogen and oxygen atoms in total. The molecule has 0 atom stereocenters.